The van der Waals surface area contributed by atoms with Crippen LogP contribution in [0.1, 0.15) is 90.3 Å². The van der Waals surface area contributed by atoms with Crippen LogP contribution in [0.2, 0.25) is 0 Å². The Bertz CT molecular complexity index is 558. The average Bonchev–Trinajstić information content (AvgIpc) is 2.95. The summed E-state index contributed by atoms with van der Waals surface area (Å²) in [5, 5.41) is 8.68. The van der Waals surface area contributed by atoms with Gasteiger partial charge in [0.05, 0.1) is 11.7 Å². The number of nitrogens with zero attached hydrogens (tertiary/aromatic N) is 4. The predicted molar refractivity (Wildman–Crippen MR) is 99.4 cm³/mol. The quantitative estimate of drug-likeness (QED) is 0.774. The molecule has 1 saturated heterocycles. The Morgan fingerprint density at radius 1 is 1.08 bits per heavy atom. The zero-order valence-corrected chi connectivity index (χ0v) is 16.2. The van der Waals surface area contributed by atoms with Crippen molar-refractivity contribution in [2.75, 3.05) is 13.1 Å². The normalized spacial score (nSPS) is 21.3. The first-order valence-electron chi connectivity index (χ1n) is 10.1. The number of rotatable bonds is 3. The molecule has 3 rings (SSSR count). The molecule has 0 N–H and O–H groups in total. The Morgan fingerprint density at radius 3 is 2.28 bits per heavy atom. The number of hydrogen-bond donors (Lipinski definition) is 0. The third-order valence-corrected chi connectivity index (χ3v) is 5.91. The number of carbonyl (C=O) groups is 1. The molecule has 1 aliphatic heterocycles. The van der Waals surface area contributed by atoms with Gasteiger partial charge in [0.15, 0.2) is 0 Å². The molecule has 25 heavy (non-hydrogen) atoms. The Balaban J connectivity index is 1.49. The molecule has 1 aliphatic carbocycles. The fourth-order valence-corrected chi connectivity index (χ4v) is 4.12. The summed E-state index contributed by atoms with van der Waals surface area (Å²) in [5.74, 6) is 0.997. The minimum atomic E-state index is 0.0353. The van der Waals surface area contributed by atoms with E-state index in [4.69, 9.17) is 0 Å². The molecule has 1 aromatic rings. The van der Waals surface area contributed by atoms with Gasteiger partial charge in [-0.05, 0) is 31.6 Å². The molecule has 1 aromatic heterocycles. The monoisotopic (exact) mass is 346 g/mol. The van der Waals surface area contributed by atoms with E-state index in [9.17, 15) is 4.79 Å². The van der Waals surface area contributed by atoms with E-state index in [0.29, 0.717) is 17.9 Å². The van der Waals surface area contributed by atoms with E-state index < -0.39 is 0 Å². The summed E-state index contributed by atoms with van der Waals surface area (Å²) < 4.78 is 2.02. The van der Waals surface area contributed by atoms with E-state index >= 15 is 0 Å². The summed E-state index contributed by atoms with van der Waals surface area (Å²) in [6, 6.07) is 0.380. The Morgan fingerprint density at radius 2 is 1.72 bits per heavy atom. The van der Waals surface area contributed by atoms with Crippen LogP contribution < -0.4 is 0 Å². The summed E-state index contributed by atoms with van der Waals surface area (Å²) in [6.07, 6.45) is 12.6. The number of carbonyl (C=O) groups excluding carboxylic acids is 1. The lowest BCUT2D eigenvalue weighted by molar-refractivity contribution is -0.133. The Kier molecular flexibility index (Phi) is 5.80. The van der Waals surface area contributed by atoms with Crippen molar-refractivity contribution >= 4 is 5.91 Å². The maximum absolute atomic E-state index is 12.6. The van der Waals surface area contributed by atoms with Crippen molar-refractivity contribution < 1.29 is 4.79 Å². The van der Waals surface area contributed by atoms with Gasteiger partial charge >= 0.3 is 0 Å². The number of amides is 1. The van der Waals surface area contributed by atoms with Crippen LogP contribution in [0.25, 0.3) is 0 Å². The topological polar surface area (TPSA) is 51.0 Å². The Hall–Kier alpha value is -1.39. The standard InChI is InChI=1S/C20H34N4O/c1-20(2,3)18-15-24(22-21-18)17-10-12-23(13-11-17)19(25)14-16-8-6-4-5-7-9-16/h15-17H,4-14H2,1-3H3. The molecule has 5 nitrogen and oxygen atoms in total. The van der Waals surface area contributed by atoms with E-state index in [2.05, 4.69) is 42.2 Å². The van der Waals surface area contributed by atoms with Crippen LogP contribution >= 0.6 is 0 Å². The number of likely N-dealkylation sites (tertiary alicyclic amines) is 1. The third kappa shape index (κ3) is 4.83. The molecule has 1 saturated carbocycles. The Labute approximate surface area is 152 Å². The van der Waals surface area contributed by atoms with Crippen molar-refractivity contribution in [1.82, 2.24) is 19.9 Å². The van der Waals surface area contributed by atoms with Crippen LogP contribution in [0, 0.1) is 5.92 Å². The lowest BCUT2D eigenvalue weighted by Gasteiger charge is -2.32. The summed E-state index contributed by atoms with van der Waals surface area (Å²) in [7, 11) is 0. The molecule has 2 heterocycles. The van der Waals surface area contributed by atoms with Gasteiger partial charge in [0.1, 0.15) is 0 Å². The van der Waals surface area contributed by atoms with Crippen LogP contribution in [0.3, 0.4) is 0 Å². The van der Waals surface area contributed by atoms with Gasteiger partial charge in [-0.3, -0.25) is 4.79 Å². The van der Waals surface area contributed by atoms with Crippen molar-refractivity contribution in [3.05, 3.63) is 11.9 Å². The molecule has 0 unspecified atom stereocenters. The lowest BCUT2D eigenvalue weighted by atomic mass is 9.93. The molecule has 5 heteroatoms. The third-order valence-electron chi connectivity index (χ3n) is 5.91. The fraction of sp³-hybridized carbons (Fsp3) is 0.850. The highest BCUT2D eigenvalue weighted by atomic mass is 16.2. The van der Waals surface area contributed by atoms with Crippen molar-refractivity contribution in [2.24, 2.45) is 5.92 Å². The number of aromatic nitrogens is 3. The number of piperidine rings is 1. The van der Waals surface area contributed by atoms with Gasteiger partial charge < -0.3 is 4.90 Å². The highest BCUT2D eigenvalue weighted by Crippen LogP contribution is 2.28. The second kappa shape index (κ2) is 7.88. The van der Waals surface area contributed by atoms with Gasteiger partial charge in [0.25, 0.3) is 0 Å². The molecule has 2 aliphatic rings. The van der Waals surface area contributed by atoms with Crippen LogP contribution in [0.5, 0.6) is 0 Å². The van der Waals surface area contributed by atoms with Gasteiger partial charge in [-0.2, -0.15) is 0 Å². The smallest absolute Gasteiger partial charge is 0.222 e. The molecule has 1 amide bonds. The van der Waals surface area contributed by atoms with Crippen LogP contribution in [0.4, 0.5) is 0 Å². The molecule has 0 radical (unpaired) electrons. The summed E-state index contributed by atoms with van der Waals surface area (Å²) >= 11 is 0. The second-order valence-electron chi connectivity index (χ2n) is 9.01. The van der Waals surface area contributed by atoms with Gasteiger partial charge in [0, 0.05) is 31.1 Å². The molecular weight excluding hydrogens is 312 g/mol. The van der Waals surface area contributed by atoms with Gasteiger partial charge in [0.2, 0.25) is 5.91 Å². The van der Waals surface area contributed by atoms with Crippen LogP contribution in [-0.4, -0.2) is 38.9 Å². The zero-order valence-electron chi connectivity index (χ0n) is 16.2. The zero-order chi connectivity index (χ0) is 17.9. The maximum Gasteiger partial charge on any atom is 0.222 e. The van der Waals surface area contributed by atoms with Crippen molar-refractivity contribution in [3.8, 4) is 0 Å². The summed E-state index contributed by atoms with van der Waals surface area (Å²) in [5.41, 5.74) is 1.08. The highest BCUT2D eigenvalue weighted by Gasteiger charge is 2.27. The second-order valence-corrected chi connectivity index (χ2v) is 9.01. The molecule has 2 fully saturated rings. The van der Waals surface area contributed by atoms with Crippen molar-refractivity contribution in [3.63, 3.8) is 0 Å². The minimum absolute atomic E-state index is 0.0353. The first-order chi connectivity index (χ1) is 11.9. The van der Waals surface area contributed by atoms with Crippen molar-refractivity contribution in [1.29, 1.82) is 0 Å². The first-order valence-corrected chi connectivity index (χ1v) is 10.1. The predicted octanol–water partition coefficient (Wildman–Crippen LogP) is 4.10. The van der Waals surface area contributed by atoms with E-state index in [1.54, 1.807) is 0 Å². The van der Waals surface area contributed by atoms with E-state index in [1.807, 2.05) is 4.68 Å². The fourth-order valence-electron chi connectivity index (χ4n) is 4.12. The average molecular weight is 347 g/mol. The number of hydrogen-bond acceptors (Lipinski definition) is 3. The first kappa shape index (κ1) is 18.4. The lowest BCUT2D eigenvalue weighted by Crippen LogP contribution is -2.39. The molecule has 0 bridgehead atoms. The highest BCUT2D eigenvalue weighted by molar-refractivity contribution is 5.76. The molecule has 0 spiro atoms. The molecular formula is C20H34N4O. The van der Waals surface area contributed by atoms with Gasteiger partial charge in [-0.25, -0.2) is 4.68 Å². The van der Waals surface area contributed by atoms with Gasteiger partial charge in [-0.1, -0.05) is 51.7 Å². The van der Waals surface area contributed by atoms with Crippen LogP contribution in [-0.2, 0) is 10.2 Å². The SMILES string of the molecule is CC(C)(C)c1cn(C2CCN(C(=O)CC3CCCCCC3)CC2)nn1. The maximum atomic E-state index is 12.6. The van der Waals surface area contributed by atoms with E-state index in [-0.39, 0.29) is 5.41 Å². The van der Waals surface area contributed by atoms with Crippen molar-refractivity contribution in [2.45, 2.75) is 90.0 Å². The van der Waals surface area contributed by atoms with E-state index in [1.165, 1.54) is 38.5 Å². The van der Waals surface area contributed by atoms with Gasteiger partial charge in [-0.15, -0.1) is 5.10 Å². The molecule has 140 valence electrons. The summed E-state index contributed by atoms with van der Waals surface area (Å²) in [4.78, 5) is 14.7. The molecule has 0 atom stereocenters. The summed E-state index contributed by atoms with van der Waals surface area (Å²) in [6.45, 7) is 8.21. The minimum Gasteiger partial charge on any atom is -0.343 e. The van der Waals surface area contributed by atoms with Crippen LogP contribution in [0.15, 0.2) is 6.20 Å². The van der Waals surface area contributed by atoms with E-state index in [0.717, 1.165) is 38.0 Å². The molecule has 0 aromatic carbocycles. The largest absolute Gasteiger partial charge is 0.343 e.